The lowest BCUT2D eigenvalue weighted by atomic mass is 10.0. The lowest BCUT2D eigenvalue weighted by Gasteiger charge is -2.17. The molecule has 1 aromatic rings. The molecule has 0 aromatic carbocycles. The maximum absolute atomic E-state index is 4.13. The molecule has 1 atom stereocenters. The van der Waals surface area contributed by atoms with Crippen LogP contribution in [-0.4, -0.2) is 27.6 Å². The fraction of sp³-hybridized carbons (Fsp3) is 0.846. The summed E-state index contributed by atoms with van der Waals surface area (Å²) in [5, 5.41) is 11.8. The van der Waals surface area contributed by atoms with Crippen LogP contribution in [0.3, 0.4) is 0 Å². The first kappa shape index (κ1) is 12.6. The van der Waals surface area contributed by atoms with Gasteiger partial charge in [-0.3, -0.25) is 4.68 Å². The lowest BCUT2D eigenvalue weighted by molar-refractivity contribution is 0.424. The minimum absolute atomic E-state index is 0.742. The maximum atomic E-state index is 4.13. The van der Waals surface area contributed by atoms with E-state index in [1.54, 1.807) is 4.68 Å². The van der Waals surface area contributed by atoms with Gasteiger partial charge >= 0.3 is 0 Å². The zero-order valence-electron chi connectivity index (χ0n) is 11.0. The largest absolute Gasteiger partial charge is 0.314 e. The van der Waals surface area contributed by atoms with E-state index in [2.05, 4.69) is 22.6 Å². The van der Waals surface area contributed by atoms with Crippen molar-refractivity contribution in [2.24, 2.45) is 13.0 Å². The SMILES string of the molecule is CCCNC(CCCc1cn(C)nn1)C1CC1. The molecule has 1 aliphatic rings. The average molecular weight is 236 g/mol. The van der Waals surface area contributed by atoms with Gasteiger partial charge in [0.25, 0.3) is 0 Å². The van der Waals surface area contributed by atoms with Gasteiger partial charge in [0.05, 0.1) is 5.69 Å². The van der Waals surface area contributed by atoms with Crippen LogP contribution in [0.15, 0.2) is 6.20 Å². The van der Waals surface area contributed by atoms with Crippen LogP contribution in [0.4, 0.5) is 0 Å². The summed E-state index contributed by atoms with van der Waals surface area (Å²) in [6.45, 7) is 3.39. The van der Waals surface area contributed by atoms with Crippen molar-refractivity contribution in [3.05, 3.63) is 11.9 Å². The molecule has 0 radical (unpaired) electrons. The van der Waals surface area contributed by atoms with Gasteiger partial charge in [0.15, 0.2) is 0 Å². The van der Waals surface area contributed by atoms with E-state index in [1.807, 2.05) is 13.2 Å². The molecule has 2 rings (SSSR count). The zero-order valence-corrected chi connectivity index (χ0v) is 11.0. The molecule has 0 aliphatic heterocycles. The van der Waals surface area contributed by atoms with E-state index in [1.165, 1.54) is 32.1 Å². The van der Waals surface area contributed by atoms with Gasteiger partial charge in [-0.15, -0.1) is 5.10 Å². The summed E-state index contributed by atoms with van der Waals surface area (Å²) in [4.78, 5) is 0. The second-order valence-electron chi connectivity index (χ2n) is 5.17. The molecule has 0 spiro atoms. The molecular weight excluding hydrogens is 212 g/mol. The molecule has 0 bridgehead atoms. The Morgan fingerprint density at radius 1 is 1.53 bits per heavy atom. The van der Waals surface area contributed by atoms with E-state index in [4.69, 9.17) is 0 Å². The molecular formula is C13H24N4. The first-order chi connectivity index (χ1) is 8.29. The van der Waals surface area contributed by atoms with Gasteiger partial charge in [-0.2, -0.15) is 0 Å². The van der Waals surface area contributed by atoms with Gasteiger partial charge in [-0.25, -0.2) is 0 Å². The van der Waals surface area contributed by atoms with Crippen LogP contribution in [0.5, 0.6) is 0 Å². The third kappa shape index (κ3) is 4.11. The van der Waals surface area contributed by atoms with Crippen LogP contribution in [0.1, 0.15) is 44.7 Å². The fourth-order valence-electron chi connectivity index (χ4n) is 2.35. The first-order valence-electron chi connectivity index (χ1n) is 6.88. The highest BCUT2D eigenvalue weighted by molar-refractivity contribution is 4.93. The van der Waals surface area contributed by atoms with Gasteiger partial charge in [0, 0.05) is 19.3 Å². The molecule has 17 heavy (non-hydrogen) atoms. The van der Waals surface area contributed by atoms with Gasteiger partial charge in [-0.1, -0.05) is 12.1 Å². The second kappa shape index (κ2) is 6.15. The van der Waals surface area contributed by atoms with Crippen molar-refractivity contribution in [2.75, 3.05) is 6.54 Å². The predicted octanol–water partition coefficient (Wildman–Crippen LogP) is 1.92. The van der Waals surface area contributed by atoms with Crippen LogP contribution in [-0.2, 0) is 13.5 Å². The van der Waals surface area contributed by atoms with E-state index in [9.17, 15) is 0 Å². The maximum Gasteiger partial charge on any atom is 0.0827 e. The normalized spacial score (nSPS) is 17.3. The Kier molecular flexibility index (Phi) is 4.54. The summed E-state index contributed by atoms with van der Waals surface area (Å²) in [5.41, 5.74) is 1.12. The number of rotatable bonds is 8. The molecule has 1 heterocycles. The molecule has 1 fully saturated rings. The predicted molar refractivity (Wildman–Crippen MR) is 68.7 cm³/mol. The smallest absolute Gasteiger partial charge is 0.0827 e. The van der Waals surface area contributed by atoms with Crippen LogP contribution in [0.25, 0.3) is 0 Å². The average Bonchev–Trinajstić information content (AvgIpc) is 3.08. The third-order valence-electron chi connectivity index (χ3n) is 3.45. The van der Waals surface area contributed by atoms with Crippen molar-refractivity contribution in [3.63, 3.8) is 0 Å². The summed E-state index contributed by atoms with van der Waals surface area (Å²) < 4.78 is 1.78. The van der Waals surface area contributed by atoms with E-state index in [0.29, 0.717) is 0 Å². The quantitative estimate of drug-likeness (QED) is 0.750. The van der Waals surface area contributed by atoms with Gasteiger partial charge in [-0.05, 0) is 51.0 Å². The molecule has 1 unspecified atom stereocenters. The standard InChI is InChI=1S/C13H24N4/c1-3-9-14-13(11-7-8-11)6-4-5-12-10-17(2)16-15-12/h10-11,13-14H,3-9H2,1-2H3. The molecule has 1 aromatic heterocycles. The van der Waals surface area contributed by atoms with Crippen molar-refractivity contribution in [2.45, 2.75) is 51.5 Å². The summed E-state index contributed by atoms with van der Waals surface area (Å²) in [7, 11) is 1.92. The van der Waals surface area contributed by atoms with E-state index >= 15 is 0 Å². The van der Waals surface area contributed by atoms with Crippen molar-refractivity contribution in [1.29, 1.82) is 0 Å². The molecule has 4 heteroatoms. The minimum Gasteiger partial charge on any atom is -0.314 e. The summed E-state index contributed by atoms with van der Waals surface area (Å²) >= 11 is 0. The number of nitrogens with zero attached hydrogens (tertiary/aromatic N) is 3. The van der Waals surface area contributed by atoms with Crippen LogP contribution >= 0.6 is 0 Å². The van der Waals surface area contributed by atoms with Crippen LogP contribution in [0, 0.1) is 5.92 Å². The monoisotopic (exact) mass is 236 g/mol. The fourth-order valence-corrected chi connectivity index (χ4v) is 2.35. The topological polar surface area (TPSA) is 42.7 Å². The molecule has 1 aliphatic carbocycles. The van der Waals surface area contributed by atoms with Crippen molar-refractivity contribution >= 4 is 0 Å². The number of hydrogen-bond donors (Lipinski definition) is 1. The third-order valence-corrected chi connectivity index (χ3v) is 3.45. The number of aromatic nitrogens is 3. The number of hydrogen-bond acceptors (Lipinski definition) is 3. The Labute approximate surface area is 104 Å². The van der Waals surface area contributed by atoms with Gasteiger partial charge in [0.2, 0.25) is 0 Å². The molecule has 4 nitrogen and oxygen atoms in total. The van der Waals surface area contributed by atoms with E-state index in [-0.39, 0.29) is 0 Å². The Hall–Kier alpha value is -0.900. The molecule has 0 saturated heterocycles. The molecule has 1 saturated carbocycles. The van der Waals surface area contributed by atoms with E-state index in [0.717, 1.165) is 30.6 Å². The summed E-state index contributed by atoms with van der Waals surface area (Å²) in [6.07, 6.45) is 9.65. The van der Waals surface area contributed by atoms with Crippen molar-refractivity contribution < 1.29 is 0 Å². The molecule has 96 valence electrons. The molecule has 0 amide bonds. The zero-order chi connectivity index (χ0) is 12.1. The number of nitrogens with one attached hydrogen (secondary N) is 1. The highest BCUT2D eigenvalue weighted by atomic mass is 15.4. The second-order valence-corrected chi connectivity index (χ2v) is 5.17. The van der Waals surface area contributed by atoms with Crippen molar-refractivity contribution in [1.82, 2.24) is 20.3 Å². The van der Waals surface area contributed by atoms with Crippen molar-refractivity contribution in [3.8, 4) is 0 Å². The number of aryl methyl sites for hydroxylation is 2. The lowest BCUT2D eigenvalue weighted by Crippen LogP contribution is -2.31. The highest BCUT2D eigenvalue weighted by Crippen LogP contribution is 2.34. The van der Waals surface area contributed by atoms with Gasteiger partial charge in [0.1, 0.15) is 0 Å². The molecule has 1 N–H and O–H groups in total. The Balaban J connectivity index is 1.68. The van der Waals surface area contributed by atoms with Crippen LogP contribution < -0.4 is 5.32 Å². The van der Waals surface area contributed by atoms with Crippen LogP contribution in [0.2, 0.25) is 0 Å². The Morgan fingerprint density at radius 3 is 2.94 bits per heavy atom. The first-order valence-corrected chi connectivity index (χ1v) is 6.88. The minimum atomic E-state index is 0.742. The Morgan fingerprint density at radius 2 is 2.35 bits per heavy atom. The summed E-state index contributed by atoms with van der Waals surface area (Å²) in [5.74, 6) is 0.948. The highest BCUT2D eigenvalue weighted by Gasteiger charge is 2.30. The van der Waals surface area contributed by atoms with Gasteiger partial charge < -0.3 is 5.32 Å². The van der Waals surface area contributed by atoms with E-state index < -0.39 is 0 Å². The Bertz CT molecular complexity index is 330. The summed E-state index contributed by atoms with van der Waals surface area (Å²) in [6, 6.07) is 0.742.